The topological polar surface area (TPSA) is 21.3 Å². The maximum absolute atomic E-state index is 5.08. The van der Waals surface area contributed by atoms with Crippen LogP contribution < -0.4 is 5.32 Å². The smallest absolute Gasteiger partial charge is 0.0552 e. The summed E-state index contributed by atoms with van der Waals surface area (Å²) in [6.07, 6.45) is 1.11. The number of nitrogens with one attached hydrogen (secondary N) is 1. The minimum absolute atomic E-state index is 0.447. The van der Waals surface area contributed by atoms with E-state index in [0.717, 1.165) is 31.1 Å². The summed E-state index contributed by atoms with van der Waals surface area (Å²) in [4.78, 5) is 0. The van der Waals surface area contributed by atoms with Crippen LogP contribution in [0.4, 0.5) is 0 Å². The van der Waals surface area contributed by atoms with Crippen molar-refractivity contribution >= 4 is 11.8 Å². The Kier molecular flexibility index (Phi) is 8.14. The molecule has 0 bridgehead atoms. The minimum Gasteiger partial charge on any atom is -0.384 e. The lowest BCUT2D eigenvalue weighted by Gasteiger charge is -2.18. The Balaban J connectivity index is 2.53. The Bertz CT molecular complexity index is 313. The second-order valence-corrected chi connectivity index (χ2v) is 5.42. The average molecular weight is 267 g/mol. The lowest BCUT2D eigenvalue weighted by atomic mass is 10.1. The first-order valence-electron chi connectivity index (χ1n) is 6.70. The molecule has 3 heteroatoms. The second-order valence-electron chi connectivity index (χ2n) is 4.27. The Morgan fingerprint density at radius 1 is 1.22 bits per heavy atom. The summed E-state index contributed by atoms with van der Waals surface area (Å²) in [7, 11) is 1.76. The molecule has 0 aliphatic rings. The van der Waals surface area contributed by atoms with Gasteiger partial charge in [-0.2, -0.15) is 11.8 Å². The zero-order valence-corrected chi connectivity index (χ0v) is 12.6. The van der Waals surface area contributed by atoms with Gasteiger partial charge in [0.1, 0.15) is 0 Å². The Hall–Kier alpha value is -0.510. The highest BCUT2D eigenvalue weighted by Crippen LogP contribution is 2.19. The van der Waals surface area contributed by atoms with E-state index in [4.69, 9.17) is 4.74 Å². The van der Waals surface area contributed by atoms with E-state index in [1.165, 1.54) is 11.1 Å². The van der Waals surface area contributed by atoms with Crippen molar-refractivity contribution in [1.29, 1.82) is 0 Å². The molecule has 1 rings (SSSR count). The zero-order chi connectivity index (χ0) is 13.2. The van der Waals surface area contributed by atoms with E-state index in [-0.39, 0.29) is 0 Å². The molecular weight excluding hydrogens is 242 g/mol. The van der Waals surface area contributed by atoms with Gasteiger partial charge in [-0.25, -0.2) is 0 Å². The SMILES string of the molecule is CCNC(CSCCOC)c1ccc(CC)cc1. The van der Waals surface area contributed by atoms with Crippen molar-refractivity contribution in [2.24, 2.45) is 0 Å². The zero-order valence-electron chi connectivity index (χ0n) is 11.7. The predicted octanol–water partition coefficient (Wildman–Crippen LogP) is 3.28. The van der Waals surface area contributed by atoms with Crippen LogP contribution in [0.15, 0.2) is 24.3 Å². The van der Waals surface area contributed by atoms with Gasteiger partial charge in [-0.05, 0) is 24.1 Å². The standard InChI is InChI=1S/C15H25NOS/c1-4-13-6-8-14(9-7-13)15(16-5-2)12-18-11-10-17-3/h6-9,15-16H,4-5,10-12H2,1-3H3. The lowest BCUT2D eigenvalue weighted by Crippen LogP contribution is -2.23. The van der Waals surface area contributed by atoms with E-state index in [1.807, 2.05) is 11.8 Å². The molecule has 0 aromatic heterocycles. The fourth-order valence-electron chi connectivity index (χ4n) is 1.85. The first kappa shape index (κ1) is 15.5. The van der Waals surface area contributed by atoms with E-state index in [2.05, 4.69) is 43.4 Å². The number of rotatable bonds is 9. The van der Waals surface area contributed by atoms with Crippen LogP contribution in [-0.4, -0.2) is 31.8 Å². The highest BCUT2D eigenvalue weighted by atomic mass is 32.2. The third kappa shape index (κ3) is 5.42. The summed E-state index contributed by atoms with van der Waals surface area (Å²) in [5.74, 6) is 2.16. The van der Waals surface area contributed by atoms with Crippen molar-refractivity contribution in [3.63, 3.8) is 0 Å². The highest BCUT2D eigenvalue weighted by molar-refractivity contribution is 7.99. The molecule has 0 amide bonds. The van der Waals surface area contributed by atoms with Gasteiger partial charge in [0.25, 0.3) is 0 Å². The van der Waals surface area contributed by atoms with Crippen molar-refractivity contribution in [3.8, 4) is 0 Å². The molecule has 1 atom stereocenters. The summed E-state index contributed by atoms with van der Waals surface area (Å²) in [6.45, 7) is 6.19. The summed E-state index contributed by atoms with van der Waals surface area (Å²) in [6, 6.07) is 9.42. The van der Waals surface area contributed by atoms with E-state index in [1.54, 1.807) is 7.11 Å². The van der Waals surface area contributed by atoms with Crippen LogP contribution in [0.2, 0.25) is 0 Å². The van der Waals surface area contributed by atoms with Crippen LogP contribution in [0.25, 0.3) is 0 Å². The van der Waals surface area contributed by atoms with Crippen LogP contribution in [0, 0.1) is 0 Å². The van der Waals surface area contributed by atoms with Crippen LogP contribution in [-0.2, 0) is 11.2 Å². The number of aryl methyl sites for hydroxylation is 1. The van der Waals surface area contributed by atoms with Crippen LogP contribution in [0.3, 0.4) is 0 Å². The Morgan fingerprint density at radius 3 is 2.50 bits per heavy atom. The molecule has 102 valence electrons. The van der Waals surface area contributed by atoms with Crippen molar-refractivity contribution < 1.29 is 4.74 Å². The third-order valence-corrected chi connectivity index (χ3v) is 3.98. The summed E-state index contributed by atoms with van der Waals surface area (Å²) in [5, 5.41) is 3.55. The molecule has 0 aliphatic heterocycles. The number of thioether (sulfide) groups is 1. The van der Waals surface area contributed by atoms with Crippen molar-refractivity contribution in [1.82, 2.24) is 5.32 Å². The molecule has 2 nitrogen and oxygen atoms in total. The monoisotopic (exact) mass is 267 g/mol. The molecule has 0 radical (unpaired) electrons. The van der Waals surface area contributed by atoms with Gasteiger partial charge in [-0.3, -0.25) is 0 Å². The van der Waals surface area contributed by atoms with Gasteiger partial charge in [-0.1, -0.05) is 38.1 Å². The maximum Gasteiger partial charge on any atom is 0.0552 e. The number of ether oxygens (including phenoxy) is 1. The summed E-state index contributed by atoms with van der Waals surface area (Å²) in [5.41, 5.74) is 2.79. The molecule has 1 aromatic carbocycles. The number of benzene rings is 1. The normalized spacial score (nSPS) is 12.6. The second kappa shape index (κ2) is 9.42. The van der Waals surface area contributed by atoms with Gasteiger partial charge in [0.05, 0.1) is 6.61 Å². The van der Waals surface area contributed by atoms with Crippen LogP contribution in [0.1, 0.15) is 31.0 Å². The molecule has 1 aromatic rings. The highest BCUT2D eigenvalue weighted by Gasteiger charge is 2.09. The summed E-state index contributed by atoms with van der Waals surface area (Å²) >= 11 is 1.94. The average Bonchev–Trinajstić information content (AvgIpc) is 2.42. The molecule has 0 saturated carbocycles. The van der Waals surface area contributed by atoms with Gasteiger partial charge in [-0.15, -0.1) is 0 Å². The molecule has 0 aliphatic carbocycles. The van der Waals surface area contributed by atoms with Gasteiger partial charge >= 0.3 is 0 Å². The van der Waals surface area contributed by atoms with Crippen LogP contribution in [0.5, 0.6) is 0 Å². The number of hydrogen-bond donors (Lipinski definition) is 1. The molecule has 0 heterocycles. The number of hydrogen-bond acceptors (Lipinski definition) is 3. The van der Waals surface area contributed by atoms with E-state index >= 15 is 0 Å². The van der Waals surface area contributed by atoms with Gasteiger partial charge in [0, 0.05) is 24.7 Å². The van der Waals surface area contributed by atoms with E-state index in [0.29, 0.717) is 6.04 Å². The first-order valence-corrected chi connectivity index (χ1v) is 7.86. The lowest BCUT2D eigenvalue weighted by molar-refractivity contribution is 0.218. The molecule has 1 N–H and O–H groups in total. The van der Waals surface area contributed by atoms with Crippen molar-refractivity contribution in [3.05, 3.63) is 35.4 Å². The minimum atomic E-state index is 0.447. The van der Waals surface area contributed by atoms with Gasteiger partial charge in [0.15, 0.2) is 0 Å². The van der Waals surface area contributed by atoms with Gasteiger partial charge < -0.3 is 10.1 Å². The Labute approximate surface area is 116 Å². The van der Waals surface area contributed by atoms with E-state index in [9.17, 15) is 0 Å². The van der Waals surface area contributed by atoms with Gasteiger partial charge in [0.2, 0.25) is 0 Å². The first-order chi connectivity index (χ1) is 8.81. The predicted molar refractivity (Wildman–Crippen MR) is 81.4 cm³/mol. The molecular formula is C15H25NOS. The third-order valence-electron chi connectivity index (χ3n) is 2.96. The van der Waals surface area contributed by atoms with Crippen molar-refractivity contribution in [2.75, 3.05) is 31.8 Å². The molecule has 1 unspecified atom stereocenters. The molecule has 0 fully saturated rings. The fourth-order valence-corrected chi connectivity index (χ4v) is 2.85. The maximum atomic E-state index is 5.08. The number of methoxy groups -OCH3 is 1. The fraction of sp³-hybridized carbons (Fsp3) is 0.600. The van der Waals surface area contributed by atoms with Crippen molar-refractivity contribution in [2.45, 2.75) is 26.3 Å². The van der Waals surface area contributed by atoms with Crippen LogP contribution >= 0.6 is 11.8 Å². The molecule has 0 saturated heterocycles. The molecule has 18 heavy (non-hydrogen) atoms. The quantitative estimate of drug-likeness (QED) is 0.694. The molecule has 0 spiro atoms. The summed E-state index contributed by atoms with van der Waals surface area (Å²) < 4.78 is 5.08. The largest absolute Gasteiger partial charge is 0.384 e. The Morgan fingerprint density at radius 2 is 1.94 bits per heavy atom. The van der Waals surface area contributed by atoms with E-state index < -0.39 is 0 Å².